The number of hydrogen-bond donors (Lipinski definition) is 0. The Morgan fingerprint density at radius 1 is 1.29 bits per heavy atom. The summed E-state index contributed by atoms with van der Waals surface area (Å²) >= 11 is 0. The minimum absolute atomic E-state index is 0.381. The molecule has 0 N–H and O–H groups in total. The van der Waals surface area contributed by atoms with Crippen LogP contribution in [-0.4, -0.2) is 12.3 Å². The third kappa shape index (κ3) is 6.17. The maximum atomic E-state index is 4.66. The Morgan fingerprint density at radius 2 is 1.86 bits per heavy atom. The van der Waals surface area contributed by atoms with E-state index in [0.717, 1.165) is 6.54 Å². The fraction of sp³-hybridized carbons (Fsp3) is 0.923. The Bertz CT molecular complexity index is 178. The summed E-state index contributed by atoms with van der Waals surface area (Å²) in [5.41, 5.74) is 1.67. The molecule has 0 spiro atoms. The third-order valence-corrected chi connectivity index (χ3v) is 2.80. The lowest BCUT2D eigenvalue weighted by Crippen LogP contribution is -2.17. The van der Waals surface area contributed by atoms with E-state index in [2.05, 4.69) is 46.5 Å². The van der Waals surface area contributed by atoms with Crippen molar-refractivity contribution in [3.8, 4) is 0 Å². The molecule has 0 bridgehead atoms. The molecule has 14 heavy (non-hydrogen) atoms. The molecule has 0 aliphatic carbocycles. The molecule has 0 unspecified atom stereocenters. The van der Waals surface area contributed by atoms with Crippen molar-refractivity contribution < 1.29 is 0 Å². The Labute approximate surface area is 90.0 Å². The molecule has 0 heterocycles. The Hall–Kier alpha value is -0.330. The Kier molecular flexibility index (Phi) is 6.06. The maximum Gasteiger partial charge on any atom is 0.0439 e. The van der Waals surface area contributed by atoms with Gasteiger partial charge in [-0.15, -0.1) is 0 Å². The van der Waals surface area contributed by atoms with E-state index >= 15 is 0 Å². The van der Waals surface area contributed by atoms with E-state index in [0.29, 0.717) is 11.3 Å². The van der Waals surface area contributed by atoms with Gasteiger partial charge in [0, 0.05) is 12.3 Å². The zero-order valence-electron chi connectivity index (χ0n) is 10.9. The Balaban J connectivity index is 4.02. The summed E-state index contributed by atoms with van der Waals surface area (Å²) in [7, 11) is 0. The van der Waals surface area contributed by atoms with Crippen LogP contribution in [0.25, 0.3) is 0 Å². The third-order valence-electron chi connectivity index (χ3n) is 2.80. The smallest absolute Gasteiger partial charge is 0.0439 e. The predicted molar refractivity (Wildman–Crippen MR) is 66.1 cm³/mol. The number of rotatable bonds is 6. The van der Waals surface area contributed by atoms with Gasteiger partial charge in [0.25, 0.3) is 0 Å². The van der Waals surface area contributed by atoms with Crippen LogP contribution in [0, 0.1) is 11.3 Å². The molecule has 84 valence electrons. The van der Waals surface area contributed by atoms with Gasteiger partial charge in [-0.2, -0.15) is 0 Å². The van der Waals surface area contributed by atoms with Crippen molar-refractivity contribution in [3.05, 3.63) is 0 Å². The number of aliphatic imine (C=N–C) groups is 1. The van der Waals surface area contributed by atoms with Crippen molar-refractivity contribution in [2.45, 2.75) is 60.8 Å². The summed E-state index contributed by atoms with van der Waals surface area (Å²) in [6, 6.07) is 0. The highest BCUT2D eigenvalue weighted by atomic mass is 14.8. The molecule has 0 aromatic rings. The van der Waals surface area contributed by atoms with Crippen LogP contribution in [0.2, 0.25) is 0 Å². The molecule has 0 saturated heterocycles. The lowest BCUT2D eigenvalue weighted by atomic mass is 9.87. The molecular formula is C13H27N. The van der Waals surface area contributed by atoms with Crippen LogP contribution < -0.4 is 0 Å². The summed E-state index contributed by atoms with van der Waals surface area (Å²) in [5.74, 6) is 0.594. The zero-order valence-corrected chi connectivity index (χ0v) is 10.9. The van der Waals surface area contributed by atoms with E-state index in [9.17, 15) is 0 Å². The standard InChI is InChI=1S/C13H27N/c1-7-8-9-13(5,6)10-14-12(4)11(2)3/h11H,7-10H2,1-6H3. The first-order chi connectivity index (χ1) is 6.39. The van der Waals surface area contributed by atoms with Gasteiger partial charge in [0.1, 0.15) is 0 Å². The minimum Gasteiger partial charge on any atom is -0.294 e. The van der Waals surface area contributed by atoms with Gasteiger partial charge in [0.2, 0.25) is 0 Å². The van der Waals surface area contributed by atoms with E-state index in [1.807, 2.05) is 0 Å². The normalized spacial score (nSPS) is 13.8. The summed E-state index contributed by atoms with van der Waals surface area (Å²) in [6.07, 6.45) is 3.90. The van der Waals surface area contributed by atoms with Crippen LogP contribution in [0.15, 0.2) is 4.99 Å². The molecule has 0 aromatic heterocycles. The molecule has 0 aliphatic heterocycles. The quantitative estimate of drug-likeness (QED) is 0.562. The number of hydrogen-bond acceptors (Lipinski definition) is 1. The average Bonchev–Trinajstić information content (AvgIpc) is 2.11. The fourth-order valence-corrected chi connectivity index (χ4v) is 1.26. The topological polar surface area (TPSA) is 12.4 Å². The first-order valence-corrected chi connectivity index (χ1v) is 5.90. The lowest BCUT2D eigenvalue weighted by Gasteiger charge is -2.22. The van der Waals surface area contributed by atoms with Crippen molar-refractivity contribution in [2.75, 3.05) is 6.54 Å². The van der Waals surface area contributed by atoms with Crippen LogP contribution in [0.5, 0.6) is 0 Å². The molecule has 0 radical (unpaired) electrons. The van der Waals surface area contributed by atoms with E-state index in [1.165, 1.54) is 25.0 Å². The van der Waals surface area contributed by atoms with E-state index in [-0.39, 0.29) is 0 Å². The second-order valence-corrected chi connectivity index (χ2v) is 5.38. The predicted octanol–water partition coefficient (Wildman–Crippen LogP) is 4.32. The van der Waals surface area contributed by atoms with Gasteiger partial charge in [0.15, 0.2) is 0 Å². The SMILES string of the molecule is CCCCC(C)(C)CN=C(C)C(C)C. The molecule has 0 rings (SSSR count). The van der Waals surface area contributed by atoms with Crippen molar-refractivity contribution in [2.24, 2.45) is 16.3 Å². The lowest BCUT2D eigenvalue weighted by molar-refractivity contribution is 0.336. The highest BCUT2D eigenvalue weighted by Gasteiger charge is 2.16. The summed E-state index contributed by atoms with van der Waals surface area (Å²) in [5, 5.41) is 0. The zero-order chi connectivity index (χ0) is 11.2. The molecule has 0 atom stereocenters. The van der Waals surface area contributed by atoms with Crippen molar-refractivity contribution in [1.82, 2.24) is 0 Å². The van der Waals surface area contributed by atoms with Crippen LogP contribution in [-0.2, 0) is 0 Å². The molecule has 1 nitrogen and oxygen atoms in total. The van der Waals surface area contributed by atoms with Crippen molar-refractivity contribution in [1.29, 1.82) is 0 Å². The summed E-state index contributed by atoms with van der Waals surface area (Å²) in [4.78, 5) is 4.66. The molecule has 0 aliphatic rings. The molecular weight excluding hydrogens is 170 g/mol. The highest BCUT2D eigenvalue weighted by Crippen LogP contribution is 2.23. The van der Waals surface area contributed by atoms with Crippen molar-refractivity contribution in [3.63, 3.8) is 0 Å². The molecule has 0 aromatic carbocycles. The second kappa shape index (κ2) is 6.21. The first-order valence-electron chi connectivity index (χ1n) is 5.90. The van der Waals surface area contributed by atoms with E-state index in [4.69, 9.17) is 0 Å². The van der Waals surface area contributed by atoms with Gasteiger partial charge < -0.3 is 0 Å². The van der Waals surface area contributed by atoms with Gasteiger partial charge in [-0.25, -0.2) is 0 Å². The minimum atomic E-state index is 0.381. The number of nitrogens with zero attached hydrogens (tertiary/aromatic N) is 1. The van der Waals surface area contributed by atoms with E-state index < -0.39 is 0 Å². The van der Waals surface area contributed by atoms with Gasteiger partial charge in [-0.05, 0) is 24.7 Å². The van der Waals surface area contributed by atoms with E-state index in [1.54, 1.807) is 0 Å². The van der Waals surface area contributed by atoms with Crippen LogP contribution in [0.1, 0.15) is 60.8 Å². The fourth-order valence-electron chi connectivity index (χ4n) is 1.26. The molecule has 0 amide bonds. The van der Waals surface area contributed by atoms with Gasteiger partial charge in [-0.1, -0.05) is 47.5 Å². The maximum absolute atomic E-state index is 4.66. The van der Waals surface area contributed by atoms with Gasteiger partial charge in [-0.3, -0.25) is 4.99 Å². The molecule has 0 fully saturated rings. The highest BCUT2D eigenvalue weighted by molar-refractivity contribution is 5.83. The average molecular weight is 197 g/mol. The van der Waals surface area contributed by atoms with Crippen LogP contribution in [0.4, 0.5) is 0 Å². The van der Waals surface area contributed by atoms with Crippen LogP contribution >= 0.6 is 0 Å². The molecule has 1 heteroatoms. The largest absolute Gasteiger partial charge is 0.294 e. The monoisotopic (exact) mass is 197 g/mol. The van der Waals surface area contributed by atoms with Crippen LogP contribution in [0.3, 0.4) is 0 Å². The molecule has 0 saturated carbocycles. The number of unbranched alkanes of at least 4 members (excludes halogenated alkanes) is 1. The van der Waals surface area contributed by atoms with Crippen molar-refractivity contribution >= 4 is 5.71 Å². The Morgan fingerprint density at radius 3 is 2.29 bits per heavy atom. The van der Waals surface area contributed by atoms with Gasteiger partial charge in [0.05, 0.1) is 0 Å². The first kappa shape index (κ1) is 13.7. The summed E-state index contributed by atoms with van der Waals surface area (Å²) < 4.78 is 0. The second-order valence-electron chi connectivity index (χ2n) is 5.38. The summed E-state index contributed by atoms with van der Waals surface area (Å²) in [6.45, 7) is 14.4. The van der Waals surface area contributed by atoms with Gasteiger partial charge >= 0.3 is 0 Å².